The highest BCUT2D eigenvalue weighted by molar-refractivity contribution is 4.81. The molecule has 1 heterocycles. The van der Waals surface area contributed by atoms with E-state index in [0.717, 1.165) is 12.0 Å². The van der Waals surface area contributed by atoms with Gasteiger partial charge in [-0.25, -0.2) is 0 Å². The maximum Gasteiger partial charge on any atom is 0.0195 e. The summed E-state index contributed by atoms with van der Waals surface area (Å²) < 4.78 is 0. The minimum absolute atomic E-state index is 0.707. The summed E-state index contributed by atoms with van der Waals surface area (Å²) in [5.74, 6) is 0.794. The first kappa shape index (κ1) is 12.0. The van der Waals surface area contributed by atoms with Crippen molar-refractivity contribution in [3.8, 4) is 0 Å². The molecule has 0 unspecified atom stereocenters. The van der Waals surface area contributed by atoms with Crippen molar-refractivity contribution in [2.75, 3.05) is 26.2 Å². The highest BCUT2D eigenvalue weighted by Gasteiger charge is 2.24. The highest BCUT2D eigenvalue weighted by atomic mass is 15.3. The topological polar surface area (TPSA) is 6.48 Å². The molecule has 1 aliphatic heterocycles. The molecule has 2 heteroatoms. The van der Waals surface area contributed by atoms with Crippen LogP contribution in [0.15, 0.2) is 0 Å². The average Bonchev–Trinajstić information content (AvgIpc) is 2.07. The number of piperazine rings is 1. The van der Waals surface area contributed by atoms with Gasteiger partial charge in [-0.2, -0.15) is 0 Å². The van der Waals surface area contributed by atoms with Crippen molar-refractivity contribution in [2.24, 2.45) is 5.92 Å². The maximum absolute atomic E-state index is 2.63. The molecule has 1 aliphatic rings. The molecular weight excluding hydrogens is 172 g/mol. The summed E-state index contributed by atoms with van der Waals surface area (Å²) in [4.78, 5) is 5.21. The Morgan fingerprint density at radius 3 is 2.21 bits per heavy atom. The van der Waals surface area contributed by atoms with Gasteiger partial charge in [-0.1, -0.05) is 13.8 Å². The third-order valence-electron chi connectivity index (χ3n) is 3.13. The smallest absolute Gasteiger partial charge is 0.0195 e. The average molecular weight is 198 g/mol. The normalized spacial score (nSPS) is 26.4. The Morgan fingerprint density at radius 1 is 1.14 bits per heavy atom. The van der Waals surface area contributed by atoms with E-state index in [4.69, 9.17) is 0 Å². The van der Waals surface area contributed by atoms with E-state index >= 15 is 0 Å². The fraction of sp³-hybridized carbons (Fsp3) is 1.00. The minimum Gasteiger partial charge on any atom is -0.298 e. The molecule has 0 aromatic heterocycles. The predicted molar refractivity (Wildman–Crippen MR) is 62.6 cm³/mol. The highest BCUT2D eigenvalue weighted by Crippen LogP contribution is 2.13. The third kappa shape index (κ3) is 3.25. The number of hydrogen-bond donors (Lipinski definition) is 0. The van der Waals surface area contributed by atoms with Gasteiger partial charge in [0.2, 0.25) is 0 Å². The van der Waals surface area contributed by atoms with E-state index < -0.39 is 0 Å². The van der Waals surface area contributed by atoms with Crippen LogP contribution in [0.5, 0.6) is 0 Å². The summed E-state index contributed by atoms with van der Waals surface area (Å²) in [6.45, 7) is 16.6. The van der Waals surface area contributed by atoms with Crippen LogP contribution in [0, 0.1) is 5.92 Å². The number of hydrogen-bond acceptors (Lipinski definition) is 2. The van der Waals surface area contributed by atoms with E-state index in [2.05, 4.69) is 44.4 Å². The molecule has 0 bridgehead atoms. The molecule has 0 aliphatic carbocycles. The van der Waals surface area contributed by atoms with E-state index in [0.29, 0.717) is 6.04 Å². The summed E-state index contributed by atoms with van der Waals surface area (Å²) in [5.41, 5.74) is 0. The summed E-state index contributed by atoms with van der Waals surface area (Å²) >= 11 is 0. The van der Waals surface area contributed by atoms with Gasteiger partial charge in [0, 0.05) is 38.3 Å². The fourth-order valence-electron chi connectivity index (χ4n) is 2.23. The predicted octanol–water partition coefficient (Wildman–Crippen LogP) is 2.06. The second-order valence-corrected chi connectivity index (χ2v) is 5.33. The summed E-state index contributed by atoms with van der Waals surface area (Å²) in [5, 5.41) is 0. The molecule has 0 N–H and O–H groups in total. The Balaban J connectivity index is 2.39. The quantitative estimate of drug-likeness (QED) is 0.685. The molecule has 1 fully saturated rings. The van der Waals surface area contributed by atoms with Crippen LogP contribution in [-0.2, 0) is 0 Å². The lowest BCUT2D eigenvalue weighted by molar-refractivity contribution is 0.0572. The second-order valence-electron chi connectivity index (χ2n) is 5.33. The lowest BCUT2D eigenvalue weighted by Gasteiger charge is -2.42. The van der Waals surface area contributed by atoms with Gasteiger partial charge in [-0.15, -0.1) is 0 Å². The second kappa shape index (κ2) is 5.13. The first-order chi connectivity index (χ1) is 6.50. The van der Waals surface area contributed by atoms with Crippen LogP contribution in [0.3, 0.4) is 0 Å². The van der Waals surface area contributed by atoms with Crippen molar-refractivity contribution in [1.29, 1.82) is 0 Å². The van der Waals surface area contributed by atoms with Gasteiger partial charge in [-0.05, 0) is 26.7 Å². The lowest BCUT2D eigenvalue weighted by Crippen LogP contribution is -2.54. The molecule has 0 amide bonds. The van der Waals surface area contributed by atoms with Crippen molar-refractivity contribution < 1.29 is 0 Å². The van der Waals surface area contributed by atoms with Crippen molar-refractivity contribution >= 4 is 0 Å². The van der Waals surface area contributed by atoms with Gasteiger partial charge in [-0.3, -0.25) is 9.80 Å². The van der Waals surface area contributed by atoms with Crippen LogP contribution in [0.1, 0.15) is 34.6 Å². The first-order valence-electron chi connectivity index (χ1n) is 5.98. The van der Waals surface area contributed by atoms with Crippen LogP contribution in [0.2, 0.25) is 0 Å². The SMILES string of the molecule is CC(C)CN1CCN(C(C)C)C[C@H]1C. The zero-order valence-corrected chi connectivity index (χ0v) is 10.5. The molecule has 0 saturated carbocycles. The molecule has 0 spiro atoms. The fourth-order valence-corrected chi connectivity index (χ4v) is 2.23. The molecule has 14 heavy (non-hydrogen) atoms. The van der Waals surface area contributed by atoms with Crippen molar-refractivity contribution in [3.05, 3.63) is 0 Å². The zero-order chi connectivity index (χ0) is 10.7. The molecule has 1 saturated heterocycles. The lowest BCUT2D eigenvalue weighted by atomic mass is 10.1. The van der Waals surface area contributed by atoms with Crippen molar-refractivity contribution in [1.82, 2.24) is 9.80 Å². The number of nitrogens with zero attached hydrogens (tertiary/aromatic N) is 2. The monoisotopic (exact) mass is 198 g/mol. The van der Waals surface area contributed by atoms with E-state index in [1.165, 1.54) is 26.2 Å². The molecule has 1 atom stereocenters. The standard InChI is InChI=1S/C12H26N2/c1-10(2)8-14-7-6-13(11(3)4)9-12(14)5/h10-12H,6-9H2,1-5H3/t12-/m1/s1. The van der Waals surface area contributed by atoms with E-state index in [-0.39, 0.29) is 0 Å². The summed E-state index contributed by atoms with van der Waals surface area (Å²) in [6.07, 6.45) is 0. The minimum atomic E-state index is 0.707. The molecule has 0 aromatic rings. The van der Waals surface area contributed by atoms with Crippen LogP contribution in [0.25, 0.3) is 0 Å². The Labute approximate surface area is 89.3 Å². The number of rotatable bonds is 3. The van der Waals surface area contributed by atoms with Crippen LogP contribution in [-0.4, -0.2) is 48.1 Å². The Hall–Kier alpha value is -0.0800. The Kier molecular flexibility index (Phi) is 4.39. The van der Waals surface area contributed by atoms with Gasteiger partial charge in [0.25, 0.3) is 0 Å². The van der Waals surface area contributed by atoms with E-state index in [1.54, 1.807) is 0 Å². The Bertz CT molecular complexity index is 166. The first-order valence-corrected chi connectivity index (χ1v) is 5.98. The van der Waals surface area contributed by atoms with Crippen LogP contribution >= 0.6 is 0 Å². The maximum atomic E-state index is 2.63. The van der Waals surface area contributed by atoms with E-state index in [9.17, 15) is 0 Å². The third-order valence-corrected chi connectivity index (χ3v) is 3.13. The van der Waals surface area contributed by atoms with Gasteiger partial charge in [0.05, 0.1) is 0 Å². The molecule has 1 rings (SSSR count). The van der Waals surface area contributed by atoms with Crippen LogP contribution < -0.4 is 0 Å². The van der Waals surface area contributed by atoms with Crippen LogP contribution in [0.4, 0.5) is 0 Å². The summed E-state index contributed by atoms with van der Waals surface area (Å²) in [7, 11) is 0. The zero-order valence-electron chi connectivity index (χ0n) is 10.5. The van der Waals surface area contributed by atoms with Crippen molar-refractivity contribution in [3.63, 3.8) is 0 Å². The van der Waals surface area contributed by atoms with Gasteiger partial charge in [0.1, 0.15) is 0 Å². The molecule has 84 valence electrons. The van der Waals surface area contributed by atoms with Crippen molar-refractivity contribution in [2.45, 2.75) is 46.7 Å². The largest absolute Gasteiger partial charge is 0.298 e. The van der Waals surface area contributed by atoms with Gasteiger partial charge in [0.15, 0.2) is 0 Å². The summed E-state index contributed by atoms with van der Waals surface area (Å²) in [6, 6.07) is 1.44. The van der Waals surface area contributed by atoms with Gasteiger partial charge < -0.3 is 0 Å². The molecule has 0 radical (unpaired) electrons. The van der Waals surface area contributed by atoms with Gasteiger partial charge >= 0.3 is 0 Å². The van der Waals surface area contributed by atoms with E-state index in [1.807, 2.05) is 0 Å². The Morgan fingerprint density at radius 2 is 1.79 bits per heavy atom. The molecule has 0 aromatic carbocycles. The molecule has 2 nitrogen and oxygen atoms in total. The molecular formula is C12H26N2.